The zero-order valence-electron chi connectivity index (χ0n) is 9.45. The lowest BCUT2D eigenvalue weighted by molar-refractivity contribution is 0.316. The Hall–Kier alpha value is -0.940. The predicted molar refractivity (Wildman–Crippen MR) is 74.9 cm³/mol. The molecule has 1 aromatic carbocycles. The van der Waals surface area contributed by atoms with Gasteiger partial charge in [0.1, 0.15) is 5.84 Å². The average molecular weight is 321 g/mol. The number of rotatable bonds is 5. The summed E-state index contributed by atoms with van der Waals surface area (Å²) >= 11 is 9.27. The molecule has 94 valence electrons. The summed E-state index contributed by atoms with van der Waals surface area (Å²) in [6.45, 7) is 2.04. The van der Waals surface area contributed by atoms with Crippen molar-refractivity contribution in [3.8, 4) is 0 Å². The van der Waals surface area contributed by atoms with E-state index in [4.69, 9.17) is 22.5 Å². The SMILES string of the molecule is CCC(CC(N)=NO)Nc1ccc(Cl)c(Br)c1. The van der Waals surface area contributed by atoms with Crippen molar-refractivity contribution in [2.75, 3.05) is 5.32 Å². The van der Waals surface area contributed by atoms with Gasteiger partial charge < -0.3 is 16.3 Å². The molecule has 1 atom stereocenters. The first kappa shape index (κ1) is 14.1. The average Bonchev–Trinajstić information content (AvgIpc) is 2.32. The number of halogens is 2. The summed E-state index contributed by atoms with van der Waals surface area (Å²) in [5, 5.41) is 15.5. The van der Waals surface area contributed by atoms with Crippen molar-refractivity contribution in [2.24, 2.45) is 10.9 Å². The number of hydrogen-bond donors (Lipinski definition) is 3. The smallest absolute Gasteiger partial charge is 0.141 e. The van der Waals surface area contributed by atoms with Crippen LogP contribution in [0.3, 0.4) is 0 Å². The van der Waals surface area contributed by atoms with E-state index >= 15 is 0 Å². The highest BCUT2D eigenvalue weighted by Gasteiger charge is 2.09. The third-order valence-corrected chi connectivity index (χ3v) is 3.58. The summed E-state index contributed by atoms with van der Waals surface area (Å²) in [5.74, 6) is 0.220. The van der Waals surface area contributed by atoms with E-state index in [1.807, 2.05) is 25.1 Å². The van der Waals surface area contributed by atoms with E-state index in [0.717, 1.165) is 16.6 Å². The zero-order chi connectivity index (χ0) is 12.8. The van der Waals surface area contributed by atoms with Gasteiger partial charge in [-0.3, -0.25) is 0 Å². The second-order valence-corrected chi connectivity index (χ2v) is 4.94. The lowest BCUT2D eigenvalue weighted by Gasteiger charge is -2.17. The van der Waals surface area contributed by atoms with Crippen LogP contribution in [-0.2, 0) is 0 Å². The molecular formula is C11H15BrClN3O. The number of amidine groups is 1. The van der Waals surface area contributed by atoms with Crippen LogP contribution in [0.2, 0.25) is 5.02 Å². The van der Waals surface area contributed by atoms with Gasteiger partial charge in [-0.1, -0.05) is 23.7 Å². The fourth-order valence-corrected chi connectivity index (χ4v) is 1.91. The van der Waals surface area contributed by atoms with Crippen LogP contribution in [0.15, 0.2) is 27.8 Å². The van der Waals surface area contributed by atoms with Crippen LogP contribution in [-0.4, -0.2) is 17.1 Å². The zero-order valence-corrected chi connectivity index (χ0v) is 11.8. The van der Waals surface area contributed by atoms with Gasteiger partial charge in [0.25, 0.3) is 0 Å². The summed E-state index contributed by atoms with van der Waals surface area (Å²) in [4.78, 5) is 0. The lowest BCUT2D eigenvalue weighted by atomic mass is 10.1. The Kier molecular flexibility index (Phi) is 5.58. The van der Waals surface area contributed by atoms with E-state index in [2.05, 4.69) is 26.4 Å². The topological polar surface area (TPSA) is 70.6 Å². The number of oxime groups is 1. The van der Waals surface area contributed by atoms with Crippen molar-refractivity contribution < 1.29 is 5.21 Å². The van der Waals surface area contributed by atoms with E-state index < -0.39 is 0 Å². The number of benzene rings is 1. The Morgan fingerprint density at radius 3 is 2.88 bits per heavy atom. The third kappa shape index (κ3) is 4.44. The van der Waals surface area contributed by atoms with Crippen LogP contribution in [0.5, 0.6) is 0 Å². The summed E-state index contributed by atoms with van der Waals surface area (Å²) in [6.07, 6.45) is 1.36. The van der Waals surface area contributed by atoms with Crippen molar-refractivity contribution in [1.82, 2.24) is 0 Å². The highest BCUT2D eigenvalue weighted by Crippen LogP contribution is 2.26. The molecule has 0 aromatic heterocycles. The van der Waals surface area contributed by atoms with Crippen LogP contribution in [0.25, 0.3) is 0 Å². The van der Waals surface area contributed by atoms with Crippen LogP contribution in [0, 0.1) is 0 Å². The van der Waals surface area contributed by atoms with Crippen LogP contribution >= 0.6 is 27.5 Å². The number of hydrogen-bond acceptors (Lipinski definition) is 3. The second kappa shape index (κ2) is 6.71. The van der Waals surface area contributed by atoms with Crippen molar-refractivity contribution in [3.63, 3.8) is 0 Å². The Morgan fingerprint density at radius 2 is 2.35 bits per heavy atom. The summed E-state index contributed by atoms with van der Waals surface area (Å²) < 4.78 is 0.836. The largest absolute Gasteiger partial charge is 0.409 e. The van der Waals surface area contributed by atoms with E-state index in [1.165, 1.54) is 0 Å². The molecule has 0 saturated carbocycles. The van der Waals surface area contributed by atoms with Gasteiger partial charge in [0.15, 0.2) is 0 Å². The maximum absolute atomic E-state index is 8.54. The van der Waals surface area contributed by atoms with Crippen molar-refractivity contribution >= 4 is 39.1 Å². The van der Waals surface area contributed by atoms with Gasteiger partial charge in [0.2, 0.25) is 0 Å². The van der Waals surface area contributed by atoms with Gasteiger partial charge in [0, 0.05) is 22.6 Å². The maximum atomic E-state index is 8.54. The number of nitrogens with zero attached hydrogens (tertiary/aromatic N) is 1. The van der Waals surface area contributed by atoms with E-state index in [1.54, 1.807) is 0 Å². The number of nitrogens with two attached hydrogens (primary N) is 1. The molecule has 4 nitrogen and oxygen atoms in total. The van der Waals surface area contributed by atoms with Gasteiger partial charge in [-0.15, -0.1) is 0 Å². The molecule has 0 saturated heterocycles. The molecular weight excluding hydrogens is 305 g/mol. The minimum Gasteiger partial charge on any atom is -0.409 e. The van der Waals surface area contributed by atoms with Crippen LogP contribution < -0.4 is 11.1 Å². The first-order valence-corrected chi connectivity index (χ1v) is 6.42. The minimum atomic E-state index is 0.124. The molecule has 17 heavy (non-hydrogen) atoms. The van der Waals surface area contributed by atoms with Gasteiger partial charge in [-0.05, 0) is 40.5 Å². The molecule has 0 fully saturated rings. The molecule has 0 amide bonds. The Labute approximate surface area is 114 Å². The Morgan fingerprint density at radius 1 is 1.65 bits per heavy atom. The molecule has 0 aliphatic carbocycles. The summed E-state index contributed by atoms with van der Waals surface area (Å²) in [7, 11) is 0. The van der Waals surface area contributed by atoms with Gasteiger partial charge in [-0.2, -0.15) is 0 Å². The van der Waals surface area contributed by atoms with Gasteiger partial charge in [0.05, 0.1) is 5.02 Å². The molecule has 0 aliphatic heterocycles. The van der Waals surface area contributed by atoms with Gasteiger partial charge >= 0.3 is 0 Å². The van der Waals surface area contributed by atoms with E-state index in [-0.39, 0.29) is 11.9 Å². The fraction of sp³-hybridized carbons (Fsp3) is 0.364. The molecule has 0 radical (unpaired) electrons. The van der Waals surface area contributed by atoms with Crippen LogP contribution in [0.1, 0.15) is 19.8 Å². The Balaban J connectivity index is 2.70. The summed E-state index contributed by atoms with van der Waals surface area (Å²) in [6, 6.07) is 5.72. The number of nitrogens with one attached hydrogen (secondary N) is 1. The molecule has 1 rings (SSSR count). The number of anilines is 1. The van der Waals surface area contributed by atoms with Crippen LogP contribution in [0.4, 0.5) is 5.69 Å². The summed E-state index contributed by atoms with van der Waals surface area (Å²) in [5.41, 5.74) is 6.43. The lowest BCUT2D eigenvalue weighted by Crippen LogP contribution is -2.26. The van der Waals surface area contributed by atoms with E-state index in [0.29, 0.717) is 11.4 Å². The highest BCUT2D eigenvalue weighted by atomic mass is 79.9. The first-order valence-electron chi connectivity index (χ1n) is 5.24. The highest BCUT2D eigenvalue weighted by molar-refractivity contribution is 9.10. The molecule has 0 spiro atoms. The normalized spacial score (nSPS) is 13.5. The molecule has 6 heteroatoms. The predicted octanol–water partition coefficient (Wildman–Crippen LogP) is 3.43. The molecule has 0 aliphatic rings. The molecule has 0 heterocycles. The van der Waals surface area contributed by atoms with E-state index in [9.17, 15) is 0 Å². The third-order valence-electron chi connectivity index (χ3n) is 2.37. The Bertz CT molecular complexity index is 412. The molecule has 1 aromatic rings. The maximum Gasteiger partial charge on any atom is 0.141 e. The quantitative estimate of drug-likeness (QED) is 0.337. The standard InChI is InChI=1S/C11H15BrClN3O/c1-2-7(6-11(14)16-17)15-8-3-4-10(13)9(12)5-8/h3-5,7,15,17H,2,6H2,1H3,(H2,14,16). The van der Waals surface area contributed by atoms with Crippen molar-refractivity contribution in [1.29, 1.82) is 0 Å². The molecule has 0 bridgehead atoms. The fourth-order valence-electron chi connectivity index (χ4n) is 1.41. The van der Waals surface area contributed by atoms with Crippen molar-refractivity contribution in [3.05, 3.63) is 27.7 Å². The van der Waals surface area contributed by atoms with Crippen molar-refractivity contribution in [2.45, 2.75) is 25.8 Å². The second-order valence-electron chi connectivity index (χ2n) is 3.67. The monoisotopic (exact) mass is 319 g/mol. The van der Waals surface area contributed by atoms with Gasteiger partial charge in [-0.25, -0.2) is 0 Å². The molecule has 4 N–H and O–H groups in total. The minimum absolute atomic E-state index is 0.124. The molecule has 1 unspecified atom stereocenters. The first-order chi connectivity index (χ1) is 8.06.